The minimum Gasteiger partial charge on any atom is -0.353 e. The Labute approximate surface area is 182 Å². The summed E-state index contributed by atoms with van der Waals surface area (Å²) in [4.78, 5) is 4.42. The number of nitrogens with zero attached hydrogens (tertiary/aromatic N) is 1. The van der Waals surface area contributed by atoms with Gasteiger partial charge in [-0.2, -0.15) is 9.49 Å². The van der Waals surface area contributed by atoms with Crippen LogP contribution in [0.15, 0.2) is 78.9 Å². The molecule has 150 valence electrons. The molecule has 0 aliphatic heterocycles. The lowest BCUT2D eigenvalue weighted by Gasteiger charge is -2.06. The zero-order valence-electron chi connectivity index (χ0n) is 16.7. The lowest BCUT2D eigenvalue weighted by molar-refractivity contribution is 0.657. The van der Waals surface area contributed by atoms with Gasteiger partial charge in [0.1, 0.15) is 5.69 Å². The van der Waals surface area contributed by atoms with Gasteiger partial charge in [0.2, 0.25) is 0 Å². The Kier molecular flexibility index (Phi) is 4.04. The van der Waals surface area contributed by atoms with Crippen molar-refractivity contribution in [3.8, 4) is 33.0 Å². The van der Waals surface area contributed by atoms with Crippen LogP contribution in [-0.4, -0.2) is 15.2 Å². The third kappa shape index (κ3) is 2.97. The van der Waals surface area contributed by atoms with Gasteiger partial charge in [-0.05, 0) is 60.0 Å². The van der Waals surface area contributed by atoms with Crippen molar-refractivity contribution >= 4 is 33.1 Å². The molecule has 0 aliphatic rings. The van der Waals surface area contributed by atoms with E-state index < -0.39 is 0 Å². The topological polar surface area (TPSA) is 44.5 Å². The molecule has 0 saturated heterocycles. The molecule has 6 aromatic rings. The number of nitrogens with one attached hydrogen (secondary N) is 2. The Bertz CT molecular complexity index is 1570. The second-order valence-electron chi connectivity index (χ2n) is 7.70. The first-order chi connectivity index (χ1) is 15.2. The molecule has 0 aliphatic carbocycles. The Balaban J connectivity index is 1.52. The first-order valence-electron chi connectivity index (χ1n) is 10.1. The summed E-state index contributed by atoms with van der Waals surface area (Å²) in [5, 5.41) is 9.72. The van der Waals surface area contributed by atoms with Crippen molar-refractivity contribution in [1.82, 2.24) is 15.2 Å². The van der Waals surface area contributed by atoms with Crippen LogP contribution < -0.4 is 0 Å². The van der Waals surface area contributed by atoms with Crippen molar-refractivity contribution in [2.45, 2.75) is 6.92 Å². The number of halogens is 1. The molecule has 6 rings (SSSR count). The van der Waals surface area contributed by atoms with Crippen molar-refractivity contribution in [3.05, 3.63) is 89.6 Å². The third-order valence-corrected chi connectivity index (χ3v) is 6.68. The van der Waals surface area contributed by atoms with E-state index in [-0.39, 0.29) is 5.13 Å². The van der Waals surface area contributed by atoms with E-state index in [9.17, 15) is 4.39 Å². The SMILES string of the molecule is Cc1ccccc1-c1ccc2[nH]nc(-c3cc4c(-c5ccc(F)s5)cccc4[nH]3)c2c1. The minimum atomic E-state index is -0.176. The number of thiophene rings is 1. The Morgan fingerprint density at radius 1 is 0.806 bits per heavy atom. The van der Waals surface area contributed by atoms with E-state index >= 15 is 0 Å². The van der Waals surface area contributed by atoms with Gasteiger partial charge in [-0.1, -0.05) is 42.5 Å². The number of rotatable bonds is 3. The molecule has 0 saturated carbocycles. The van der Waals surface area contributed by atoms with Crippen LogP contribution in [0, 0.1) is 12.1 Å². The largest absolute Gasteiger partial charge is 0.353 e. The molecule has 0 atom stereocenters. The average molecular weight is 424 g/mol. The van der Waals surface area contributed by atoms with Gasteiger partial charge in [0, 0.05) is 26.7 Å². The predicted molar refractivity (Wildman–Crippen MR) is 127 cm³/mol. The first kappa shape index (κ1) is 18.1. The summed E-state index contributed by atoms with van der Waals surface area (Å²) in [5.41, 5.74) is 8.46. The maximum atomic E-state index is 13.6. The van der Waals surface area contributed by atoms with Gasteiger partial charge in [-0.15, -0.1) is 11.3 Å². The number of fused-ring (bicyclic) bond motifs is 2. The van der Waals surface area contributed by atoms with Gasteiger partial charge in [-0.25, -0.2) is 0 Å². The second-order valence-corrected chi connectivity index (χ2v) is 8.74. The van der Waals surface area contributed by atoms with Crippen LogP contribution in [0.3, 0.4) is 0 Å². The number of benzene rings is 3. The number of H-pyrrole nitrogens is 2. The summed E-state index contributed by atoms with van der Waals surface area (Å²) in [5.74, 6) is 0. The molecule has 0 fully saturated rings. The lowest BCUT2D eigenvalue weighted by Crippen LogP contribution is -1.83. The summed E-state index contributed by atoms with van der Waals surface area (Å²) in [7, 11) is 0. The molecular formula is C26H18FN3S. The average Bonchev–Trinajstić information content (AvgIpc) is 3.50. The number of hydrogen-bond acceptors (Lipinski definition) is 2. The molecule has 0 spiro atoms. The van der Waals surface area contributed by atoms with E-state index in [0.717, 1.165) is 55.0 Å². The number of aromatic nitrogens is 3. The van der Waals surface area contributed by atoms with E-state index in [2.05, 4.69) is 70.6 Å². The fourth-order valence-corrected chi connectivity index (χ4v) is 5.01. The molecule has 3 heterocycles. The minimum absolute atomic E-state index is 0.176. The van der Waals surface area contributed by atoms with Crippen LogP contribution in [0.2, 0.25) is 0 Å². The van der Waals surface area contributed by atoms with Crippen molar-refractivity contribution in [2.75, 3.05) is 0 Å². The highest BCUT2D eigenvalue weighted by atomic mass is 32.1. The summed E-state index contributed by atoms with van der Waals surface area (Å²) in [6.45, 7) is 2.13. The normalized spacial score (nSPS) is 11.5. The standard InChI is InChI=1S/C26H18FN3S/c1-15-5-2-3-6-17(15)16-9-10-22-20(13-16)26(30-29-22)23-14-19-18(7-4-8-21(19)28-23)24-11-12-25(27)31-24/h2-14,28H,1H3,(H,29,30). The molecule has 0 bridgehead atoms. The summed E-state index contributed by atoms with van der Waals surface area (Å²) in [6, 6.07) is 26.3. The zero-order chi connectivity index (χ0) is 20.9. The fourth-order valence-electron chi connectivity index (χ4n) is 4.24. The molecule has 0 amide bonds. The summed E-state index contributed by atoms with van der Waals surface area (Å²) in [6.07, 6.45) is 0. The van der Waals surface area contributed by atoms with Gasteiger partial charge in [0.05, 0.1) is 11.2 Å². The number of aryl methyl sites for hydroxylation is 1. The molecule has 0 unspecified atom stereocenters. The molecule has 3 aromatic heterocycles. The molecular weight excluding hydrogens is 405 g/mol. The fraction of sp³-hybridized carbons (Fsp3) is 0.0385. The molecule has 0 radical (unpaired) electrons. The lowest BCUT2D eigenvalue weighted by atomic mass is 9.99. The van der Waals surface area contributed by atoms with Crippen molar-refractivity contribution < 1.29 is 4.39 Å². The van der Waals surface area contributed by atoms with Crippen LogP contribution >= 0.6 is 11.3 Å². The van der Waals surface area contributed by atoms with Crippen molar-refractivity contribution in [3.63, 3.8) is 0 Å². The van der Waals surface area contributed by atoms with E-state index in [1.54, 1.807) is 0 Å². The van der Waals surface area contributed by atoms with Gasteiger partial charge >= 0.3 is 0 Å². The number of aromatic amines is 2. The smallest absolute Gasteiger partial charge is 0.176 e. The van der Waals surface area contributed by atoms with Crippen LogP contribution in [0.5, 0.6) is 0 Å². The Hall–Kier alpha value is -3.70. The second kappa shape index (κ2) is 6.93. The van der Waals surface area contributed by atoms with Crippen molar-refractivity contribution in [2.24, 2.45) is 0 Å². The van der Waals surface area contributed by atoms with Crippen LogP contribution in [-0.2, 0) is 0 Å². The first-order valence-corrected chi connectivity index (χ1v) is 10.9. The van der Waals surface area contributed by atoms with E-state index in [1.165, 1.54) is 22.8 Å². The van der Waals surface area contributed by atoms with Gasteiger partial charge < -0.3 is 4.98 Å². The summed E-state index contributed by atoms with van der Waals surface area (Å²) >= 11 is 1.16. The van der Waals surface area contributed by atoms with E-state index in [4.69, 9.17) is 0 Å². The quantitative estimate of drug-likeness (QED) is 0.303. The molecule has 5 heteroatoms. The predicted octanol–water partition coefficient (Wildman–Crippen LogP) is 7.55. The maximum Gasteiger partial charge on any atom is 0.176 e. The Morgan fingerprint density at radius 3 is 2.52 bits per heavy atom. The van der Waals surface area contributed by atoms with Crippen LogP contribution in [0.1, 0.15) is 5.56 Å². The van der Waals surface area contributed by atoms with Crippen LogP contribution in [0.4, 0.5) is 4.39 Å². The van der Waals surface area contributed by atoms with Gasteiger partial charge in [0.15, 0.2) is 5.13 Å². The highest BCUT2D eigenvalue weighted by Crippen LogP contribution is 2.37. The highest BCUT2D eigenvalue weighted by molar-refractivity contribution is 7.14. The van der Waals surface area contributed by atoms with E-state index in [0.29, 0.717) is 0 Å². The van der Waals surface area contributed by atoms with Gasteiger partial charge in [0.25, 0.3) is 0 Å². The van der Waals surface area contributed by atoms with Gasteiger partial charge in [-0.3, -0.25) is 5.10 Å². The molecule has 3 aromatic carbocycles. The Morgan fingerprint density at radius 2 is 1.68 bits per heavy atom. The van der Waals surface area contributed by atoms with Crippen molar-refractivity contribution in [1.29, 1.82) is 0 Å². The monoisotopic (exact) mass is 423 g/mol. The zero-order valence-corrected chi connectivity index (χ0v) is 17.6. The molecule has 3 nitrogen and oxygen atoms in total. The van der Waals surface area contributed by atoms with E-state index in [1.807, 2.05) is 24.3 Å². The maximum absolute atomic E-state index is 13.6. The third-order valence-electron chi connectivity index (χ3n) is 5.78. The molecule has 31 heavy (non-hydrogen) atoms. The van der Waals surface area contributed by atoms with Crippen LogP contribution in [0.25, 0.3) is 54.8 Å². The molecule has 2 N–H and O–H groups in total. The number of hydrogen-bond donors (Lipinski definition) is 2. The highest BCUT2D eigenvalue weighted by Gasteiger charge is 2.15. The summed E-state index contributed by atoms with van der Waals surface area (Å²) < 4.78 is 13.6.